The molecule has 0 unspecified atom stereocenters. The summed E-state index contributed by atoms with van der Waals surface area (Å²) >= 11 is 0. The number of benzene rings is 8. The molecule has 2 heteroatoms. The molecule has 8 aromatic carbocycles. The fourth-order valence-electron chi connectivity index (χ4n) is 7.73. The summed E-state index contributed by atoms with van der Waals surface area (Å²) in [7, 11) is 0. The van der Waals surface area contributed by atoms with Gasteiger partial charge in [-0.1, -0.05) is 153 Å². The van der Waals surface area contributed by atoms with Crippen molar-refractivity contribution in [2.24, 2.45) is 0 Å². The van der Waals surface area contributed by atoms with Gasteiger partial charge in [-0.2, -0.15) is 0 Å². The van der Waals surface area contributed by atoms with E-state index in [9.17, 15) is 5.48 Å². The summed E-state index contributed by atoms with van der Waals surface area (Å²) in [5, 5.41) is 0.121. The molecule has 0 saturated heterocycles. The van der Waals surface area contributed by atoms with E-state index in [1.165, 1.54) is 4.57 Å². The van der Waals surface area contributed by atoms with Gasteiger partial charge in [0.2, 0.25) is 0 Å². The maximum atomic E-state index is 9.59. The zero-order chi connectivity index (χ0) is 44.7. The van der Waals surface area contributed by atoms with Crippen molar-refractivity contribution in [1.82, 2.24) is 9.55 Å². The van der Waals surface area contributed by atoms with Gasteiger partial charge >= 0.3 is 0 Å². The van der Waals surface area contributed by atoms with Crippen LogP contribution in [0.25, 0.3) is 83.0 Å². The van der Waals surface area contributed by atoms with Crippen LogP contribution in [0.1, 0.15) is 42.8 Å². The summed E-state index contributed by atoms with van der Waals surface area (Å²) in [6.45, 7) is 4.21. The predicted octanol–water partition coefficient (Wildman–Crippen LogP) is 12.6. The fourth-order valence-corrected chi connectivity index (χ4v) is 7.73. The van der Waals surface area contributed by atoms with E-state index in [4.69, 9.17) is 17.3 Å². The summed E-state index contributed by atoms with van der Waals surface area (Å²) in [6, 6.07) is 21.1. The van der Waals surface area contributed by atoms with Crippen molar-refractivity contribution in [3.8, 4) is 50.5 Å². The Morgan fingerprint density at radius 3 is 1.80 bits per heavy atom. The lowest BCUT2D eigenvalue weighted by Gasteiger charge is -2.23. The molecular formula is C48H34N2. The van der Waals surface area contributed by atoms with Crippen LogP contribution >= 0.6 is 0 Å². The summed E-state index contributed by atoms with van der Waals surface area (Å²) in [6.07, 6.45) is 0. The van der Waals surface area contributed by atoms with Crippen molar-refractivity contribution in [3.05, 3.63) is 181 Å². The lowest BCUT2D eigenvalue weighted by molar-refractivity contribution is 0.660. The minimum Gasteiger partial charge on any atom is -0.292 e. The Labute approximate surface area is 310 Å². The van der Waals surface area contributed by atoms with Crippen LogP contribution in [-0.4, -0.2) is 9.55 Å². The fraction of sp³-hybridized carbons (Fsp3) is 0.0625. The van der Waals surface area contributed by atoms with Crippen molar-refractivity contribution in [2.75, 3.05) is 0 Å². The van der Waals surface area contributed by atoms with Crippen molar-refractivity contribution in [1.29, 1.82) is 0 Å². The third-order valence-corrected chi connectivity index (χ3v) is 9.96. The van der Waals surface area contributed by atoms with E-state index < -0.39 is 84.0 Å². The first-order chi connectivity index (χ1) is 30.0. The van der Waals surface area contributed by atoms with Crippen LogP contribution in [-0.2, 0) is 5.41 Å². The molecule has 0 saturated carbocycles. The molecule has 9 aromatic rings. The number of hydrogen-bond donors (Lipinski definition) is 0. The van der Waals surface area contributed by atoms with Crippen LogP contribution in [0.5, 0.6) is 0 Å². The summed E-state index contributed by atoms with van der Waals surface area (Å²) in [4.78, 5) is 4.97. The molecule has 1 aliphatic carbocycles. The molecule has 236 valence electrons. The smallest absolute Gasteiger partial charge is 0.146 e. The highest BCUT2D eigenvalue weighted by Gasteiger charge is 2.35. The second kappa shape index (κ2) is 10.9. The molecule has 0 N–H and O–H groups in total. The SMILES string of the molecule is [2H]c1c([2H])c([2H])c(-n2c(-c3ccccc3-c3c4c([2H])c([2H])c([2H])c([2H])c4c(-c4ccc5c(c4)C(C)(C)c4ccccc4-5)c4c([2H])c([2H])c([2H])c([2H])c34)nc3ccccc32)c([2H])c1[2H]. The van der Waals surface area contributed by atoms with Crippen molar-refractivity contribution < 1.29 is 17.8 Å². The molecular weight excluding hydrogens is 605 g/mol. The van der Waals surface area contributed by atoms with Crippen molar-refractivity contribution in [3.63, 3.8) is 0 Å². The van der Waals surface area contributed by atoms with Crippen molar-refractivity contribution in [2.45, 2.75) is 19.3 Å². The molecule has 1 aromatic heterocycles. The summed E-state index contributed by atoms with van der Waals surface area (Å²) in [5.74, 6) is 0.123. The van der Waals surface area contributed by atoms with E-state index >= 15 is 0 Å². The zero-order valence-corrected chi connectivity index (χ0v) is 27.1. The van der Waals surface area contributed by atoms with Gasteiger partial charge in [0.05, 0.1) is 28.9 Å². The Hall–Kier alpha value is -6.25. The number of aromatic nitrogens is 2. The van der Waals surface area contributed by atoms with Gasteiger partial charge in [-0.25, -0.2) is 4.98 Å². The first kappa shape index (κ1) is 18.5. The van der Waals surface area contributed by atoms with E-state index in [0.717, 1.165) is 22.3 Å². The van der Waals surface area contributed by atoms with E-state index in [1.54, 1.807) is 48.5 Å². The Bertz CT molecular complexity index is 3430. The Kier molecular flexibility index (Phi) is 4.03. The molecule has 2 nitrogen and oxygen atoms in total. The number of nitrogens with zero attached hydrogens (tertiary/aromatic N) is 2. The Balaban J connectivity index is 1.40. The lowest BCUT2D eigenvalue weighted by Crippen LogP contribution is -2.14. The van der Waals surface area contributed by atoms with Gasteiger partial charge in [0.15, 0.2) is 0 Å². The number of fused-ring (bicyclic) bond motifs is 6. The van der Waals surface area contributed by atoms with Gasteiger partial charge in [0.1, 0.15) is 5.82 Å². The van der Waals surface area contributed by atoms with Crippen LogP contribution in [0.2, 0.25) is 0 Å². The zero-order valence-electron chi connectivity index (χ0n) is 40.1. The first-order valence-corrected chi connectivity index (χ1v) is 16.3. The number of hydrogen-bond acceptors (Lipinski definition) is 1. The molecule has 0 amide bonds. The van der Waals surface area contributed by atoms with Crippen LogP contribution in [0, 0.1) is 0 Å². The Morgan fingerprint density at radius 1 is 0.520 bits per heavy atom. The maximum Gasteiger partial charge on any atom is 0.146 e. The van der Waals surface area contributed by atoms with E-state index in [1.807, 2.05) is 30.3 Å². The van der Waals surface area contributed by atoms with Gasteiger partial charge in [-0.05, 0) is 96.3 Å². The molecule has 0 atom stereocenters. The van der Waals surface area contributed by atoms with Gasteiger partial charge in [-0.15, -0.1) is 0 Å². The minimum atomic E-state index is -0.571. The molecule has 1 heterocycles. The van der Waals surface area contributed by atoms with E-state index in [2.05, 4.69) is 26.0 Å². The molecule has 10 rings (SSSR count). The van der Waals surface area contributed by atoms with Crippen LogP contribution in [0.4, 0.5) is 0 Å². The predicted molar refractivity (Wildman–Crippen MR) is 210 cm³/mol. The van der Waals surface area contributed by atoms with Crippen LogP contribution in [0.15, 0.2) is 170 Å². The number of imidazole rings is 1. The highest BCUT2D eigenvalue weighted by molar-refractivity contribution is 6.22. The van der Waals surface area contributed by atoms with E-state index in [-0.39, 0.29) is 49.7 Å². The van der Waals surface area contributed by atoms with Gasteiger partial charge < -0.3 is 0 Å². The number of para-hydroxylation sites is 3. The molecule has 0 spiro atoms. The molecule has 50 heavy (non-hydrogen) atoms. The minimum absolute atomic E-state index is 0.00879. The molecule has 1 aliphatic rings. The average molecular weight is 652 g/mol. The Morgan fingerprint density at radius 2 is 1.08 bits per heavy atom. The van der Waals surface area contributed by atoms with Crippen molar-refractivity contribution >= 4 is 32.6 Å². The van der Waals surface area contributed by atoms with Gasteiger partial charge in [-0.3, -0.25) is 4.57 Å². The largest absolute Gasteiger partial charge is 0.292 e. The molecule has 0 aliphatic heterocycles. The third-order valence-electron chi connectivity index (χ3n) is 9.96. The second-order valence-electron chi connectivity index (χ2n) is 13.0. The summed E-state index contributed by atoms with van der Waals surface area (Å²) < 4.78 is 119. The first-order valence-electron chi connectivity index (χ1n) is 22.8. The van der Waals surface area contributed by atoms with Crippen LogP contribution in [0.3, 0.4) is 0 Å². The second-order valence-corrected chi connectivity index (χ2v) is 13.0. The maximum absolute atomic E-state index is 9.59. The highest BCUT2D eigenvalue weighted by atomic mass is 15.1. The normalized spacial score (nSPS) is 16.8. The molecule has 0 bridgehead atoms. The topological polar surface area (TPSA) is 17.8 Å². The molecule has 0 radical (unpaired) electrons. The van der Waals surface area contributed by atoms with Crippen LogP contribution < -0.4 is 0 Å². The average Bonchev–Trinajstić information content (AvgIpc) is 3.78. The summed E-state index contributed by atoms with van der Waals surface area (Å²) in [5.41, 5.74) is 5.68. The third kappa shape index (κ3) is 4.12. The lowest BCUT2D eigenvalue weighted by atomic mass is 9.80. The van der Waals surface area contributed by atoms with Gasteiger partial charge in [0.25, 0.3) is 0 Å². The quantitative estimate of drug-likeness (QED) is 0.173. The van der Waals surface area contributed by atoms with Gasteiger partial charge in [0, 0.05) is 16.7 Å². The van der Waals surface area contributed by atoms with E-state index in [0.29, 0.717) is 22.2 Å². The highest BCUT2D eigenvalue weighted by Crippen LogP contribution is 2.51. The molecule has 0 fully saturated rings. The number of rotatable bonds is 4. The monoisotopic (exact) mass is 651 g/mol. The standard InChI is InChI=1S/C48H34N2/c1-48(2)41-25-13-12-18-33(41)34-29-28-31(30-42(34)48)45-35-19-6-8-21-37(35)46(38-22-9-7-20-36(38)45)39-23-10-11-24-40(39)47-49-43-26-14-15-27-44(43)50(47)32-16-4-3-5-17-32/h3-30H,1-2H3/i3D,4D,5D,6D,7D,8D,9D,16D,17D,19D,20D,21D,22D.